The second kappa shape index (κ2) is 8.54. The van der Waals surface area contributed by atoms with Gasteiger partial charge in [0.1, 0.15) is 11.9 Å². The molecule has 0 saturated carbocycles. The number of aromatic nitrogens is 2. The van der Waals surface area contributed by atoms with Crippen molar-refractivity contribution in [3.63, 3.8) is 0 Å². The minimum absolute atomic E-state index is 0.168. The van der Waals surface area contributed by atoms with Crippen LogP contribution < -0.4 is 4.74 Å². The van der Waals surface area contributed by atoms with E-state index in [-0.39, 0.29) is 12.0 Å². The summed E-state index contributed by atoms with van der Waals surface area (Å²) in [4.78, 5) is 18.9. The molecular weight excluding hydrogens is 346 g/mol. The highest BCUT2D eigenvalue weighted by Gasteiger charge is 2.39. The van der Waals surface area contributed by atoms with Crippen molar-refractivity contribution < 1.29 is 19.4 Å². The average Bonchev–Trinajstić information content (AvgIpc) is 3.13. The highest BCUT2D eigenvalue weighted by atomic mass is 16.5. The molecule has 146 valence electrons. The summed E-state index contributed by atoms with van der Waals surface area (Å²) in [6.07, 6.45) is 2.22. The molecule has 1 aromatic heterocycles. The number of carbonyl (C=O) groups excluding carboxylic acids is 1. The van der Waals surface area contributed by atoms with Gasteiger partial charge in [0.2, 0.25) is 0 Å². The van der Waals surface area contributed by atoms with Crippen molar-refractivity contribution in [3.05, 3.63) is 48.0 Å². The number of aryl methyl sites for hydroxylation is 1. The van der Waals surface area contributed by atoms with Gasteiger partial charge in [-0.3, -0.25) is 4.79 Å². The zero-order valence-corrected chi connectivity index (χ0v) is 16.0. The molecule has 0 spiro atoms. The van der Waals surface area contributed by atoms with Crippen LogP contribution >= 0.6 is 0 Å². The van der Waals surface area contributed by atoms with Gasteiger partial charge in [0, 0.05) is 25.8 Å². The van der Waals surface area contributed by atoms with Crippen molar-refractivity contribution in [1.29, 1.82) is 0 Å². The first-order valence-corrected chi connectivity index (χ1v) is 9.28. The molecular formula is C20H27N3O4. The van der Waals surface area contributed by atoms with Crippen molar-refractivity contribution >= 4 is 5.91 Å². The first kappa shape index (κ1) is 19.4. The fraction of sp³-hybridized carbons (Fsp3) is 0.500. The van der Waals surface area contributed by atoms with Crippen LogP contribution in [0.4, 0.5) is 0 Å². The van der Waals surface area contributed by atoms with Crippen molar-refractivity contribution in [2.45, 2.75) is 51.7 Å². The number of hydrogen-bond acceptors (Lipinski definition) is 5. The molecule has 1 aliphatic rings. The predicted molar refractivity (Wildman–Crippen MR) is 100 cm³/mol. The van der Waals surface area contributed by atoms with E-state index in [9.17, 15) is 9.90 Å². The molecule has 2 aromatic rings. The summed E-state index contributed by atoms with van der Waals surface area (Å²) < 4.78 is 12.9. The number of rotatable bonds is 7. The molecule has 0 aliphatic carbocycles. The summed E-state index contributed by atoms with van der Waals surface area (Å²) in [6.45, 7) is 5.74. The Labute approximate surface area is 159 Å². The zero-order valence-electron chi connectivity index (χ0n) is 16.0. The Morgan fingerprint density at radius 1 is 1.37 bits per heavy atom. The van der Waals surface area contributed by atoms with Crippen LogP contribution in [0.1, 0.15) is 37.6 Å². The largest absolute Gasteiger partial charge is 0.497 e. The van der Waals surface area contributed by atoms with Gasteiger partial charge in [0.05, 0.1) is 25.2 Å². The zero-order chi connectivity index (χ0) is 19.4. The average molecular weight is 373 g/mol. The maximum Gasteiger partial charge on any atom is 0.255 e. The van der Waals surface area contributed by atoms with Crippen LogP contribution in [0.25, 0.3) is 0 Å². The predicted octanol–water partition coefficient (Wildman–Crippen LogP) is 2.15. The van der Waals surface area contributed by atoms with Crippen LogP contribution in [0, 0.1) is 0 Å². The Kier molecular flexibility index (Phi) is 6.13. The molecule has 1 aliphatic heterocycles. The standard InChI is InChI=1S/C20H27N3O4/c1-4-9-22-12-17(21-13-22)18(24)19-20(25)23(10-14(2)27-19)11-15-5-7-16(26-3)8-6-15/h5-8,12-14,18-19,24H,4,9-11H2,1-3H3/t14-,18?,19?/m1/s1. The van der Waals surface area contributed by atoms with Gasteiger partial charge in [-0.05, 0) is 31.0 Å². The number of aliphatic hydroxyl groups is 1. The lowest BCUT2D eigenvalue weighted by Gasteiger charge is -2.37. The third-order valence-corrected chi connectivity index (χ3v) is 4.67. The smallest absolute Gasteiger partial charge is 0.255 e. The van der Waals surface area contributed by atoms with E-state index < -0.39 is 12.2 Å². The molecule has 0 radical (unpaired) electrons. The fourth-order valence-electron chi connectivity index (χ4n) is 3.30. The topological polar surface area (TPSA) is 76.8 Å². The Morgan fingerprint density at radius 3 is 2.78 bits per heavy atom. The number of carbonyl (C=O) groups is 1. The Bertz CT molecular complexity index is 759. The molecule has 3 atom stereocenters. The summed E-state index contributed by atoms with van der Waals surface area (Å²) in [5.41, 5.74) is 1.46. The van der Waals surface area contributed by atoms with Gasteiger partial charge in [-0.15, -0.1) is 0 Å². The van der Waals surface area contributed by atoms with Crippen molar-refractivity contribution in [1.82, 2.24) is 14.5 Å². The second-order valence-electron chi connectivity index (χ2n) is 6.92. The van der Waals surface area contributed by atoms with E-state index in [4.69, 9.17) is 9.47 Å². The lowest BCUT2D eigenvalue weighted by molar-refractivity contribution is -0.174. The van der Waals surface area contributed by atoms with E-state index in [1.165, 1.54) is 0 Å². The Hall–Kier alpha value is -2.38. The number of aliphatic hydroxyl groups excluding tert-OH is 1. The van der Waals surface area contributed by atoms with Crippen LogP contribution in [-0.2, 0) is 22.6 Å². The number of hydrogen-bond donors (Lipinski definition) is 1. The van der Waals surface area contributed by atoms with Gasteiger partial charge in [0.25, 0.3) is 5.91 Å². The molecule has 2 heterocycles. The summed E-state index contributed by atoms with van der Waals surface area (Å²) in [5.74, 6) is 0.554. The molecule has 7 nitrogen and oxygen atoms in total. The second-order valence-corrected chi connectivity index (χ2v) is 6.92. The molecule has 27 heavy (non-hydrogen) atoms. The summed E-state index contributed by atoms with van der Waals surface area (Å²) >= 11 is 0. The minimum Gasteiger partial charge on any atom is -0.497 e. The van der Waals surface area contributed by atoms with Gasteiger partial charge in [-0.1, -0.05) is 19.1 Å². The van der Waals surface area contributed by atoms with E-state index in [0.29, 0.717) is 18.8 Å². The number of methoxy groups -OCH3 is 1. The lowest BCUT2D eigenvalue weighted by atomic mass is 10.1. The van der Waals surface area contributed by atoms with Gasteiger partial charge < -0.3 is 24.0 Å². The highest BCUT2D eigenvalue weighted by molar-refractivity contribution is 5.82. The van der Waals surface area contributed by atoms with E-state index in [1.807, 2.05) is 35.8 Å². The van der Waals surface area contributed by atoms with Crippen LogP contribution in [0.15, 0.2) is 36.8 Å². The Morgan fingerprint density at radius 2 is 2.11 bits per heavy atom. The summed E-state index contributed by atoms with van der Waals surface area (Å²) in [5, 5.41) is 10.7. The number of nitrogens with zero attached hydrogens (tertiary/aromatic N) is 3. The van der Waals surface area contributed by atoms with Gasteiger partial charge >= 0.3 is 0 Å². The number of morpholine rings is 1. The van der Waals surface area contributed by atoms with Crippen molar-refractivity contribution in [2.24, 2.45) is 0 Å². The normalized spacial score (nSPS) is 21.3. The number of benzene rings is 1. The third-order valence-electron chi connectivity index (χ3n) is 4.67. The quantitative estimate of drug-likeness (QED) is 0.805. The maximum absolute atomic E-state index is 12.9. The number of amides is 1. The van der Waals surface area contributed by atoms with E-state index in [0.717, 1.165) is 24.3 Å². The SMILES string of the molecule is CCCn1cnc(C(O)C2O[C@H](C)CN(Cc3ccc(OC)cc3)C2=O)c1. The van der Waals surface area contributed by atoms with Crippen LogP contribution in [0.5, 0.6) is 5.75 Å². The van der Waals surface area contributed by atoms with E-state index in [1.54, 1.807) is 24.5 Å². The minimum atomic E-state index is -1.09. The molecule has 2 unspecified atom stereocenters. The monoisotopic (exact) mass is 373 g/mol. The highest BCUT2D eigenvalue weighted by Crippen LogP contribution is 2.26. The first-order valence-electron chi connectivity index (χ1n) is 9.28. The lowest BCUT2D eigenvalue weighted by Crippen LogP contribution is -2.52. The maximum atomic E-state index is 12.9. The van der Waals surface area contributed by atoms with Crippen LogP contribution in [-0.4, -0.2) is 51.3 Å². The Balaban J connectivity index is 1.72. The molecule has 1 aromatic carbocycles. The third kappa shape index (κ3) is 4.48. The molecule has 1 fully saturated rings. The molecule has 1 N–H and O–H groups in total. The summed E-state index contributed by atoms with van der Waals surface area (Å²) in [7, 11) is 1.62. The first-order chi connectivity index (χ1) is 13.0. The molecule has 7 heteroatoms. The molecule has 3 rings (SSSR count). The van der Waals surface area contributed by atoms with Crippen molar-refractivity contribution in [3.8, 4) is 5.75 Å². The van der Waals surface area contributed by atoms with E-state index >= 15 is 0 Å². The summed E-state index contributed by atoms with van der Waals surface area (Å²) in [6, 6.07) is 7.61. The molecule has 1 saturated heterocycles. The van der Waals surface area contributed by atoms with E-state index in [2.05, 4.69) is 11.9 Å². The van der Waals surface area contributed by atoms with Crippen molar-refractivity contribution in [2.75, 3.05) is 13.7 Å². The fourth-order valence-corrected chi connectivity index (χ4v) is 3.30. The van der Waals surface area contributed by atoms with Gasteiger partial charge in [0.15, 0.2) is 6.10 Å². The number of imidazole rings is 1. The van der Waals surface area contributed by atoms with Crippen LogP contribution in [0.2, 0.25) is 0 Å². The van der Waals surface area contributed by atoms with Crippen LogP contribution in [0.3, 0.4) is 0 Å². The molecule has 0 bridgehead atoms. The van der Waals surface area contributed by atoms with Gasteiger partial charge in [-0.25, -0.2) is 4.98 Å². The number of ether oxygens (including phenoxy) is 2. The van der Waals surface area contributed by atoms with Gasteiger partial charge in [-0.2, -0.15) is 0 Å². The molecule has 1 amide bonds.